The van der Waals surface area contributed by atoms with E-state index in [2.05, 4.69) is 255 Å². The van der Waals surface area contributed by atoms with Crippen LogP contribution in [-0.2, 0) is 16.2 Å². The molecular weight excluding hydrogens is 901 g/mol. The zero-order valence-corrected chi connectivity index (χ0v) is 41.6. The Morgan fingerprint density at radius 1 is 0.240 bits per heavy atom. The molecule has 0 nitrogen and oxygen atoms in total. The van der Waals surface area contributed by atoms with Crippen molar-refractivity contribution in [3.05, 3.63) is 333 Å². The van der Waals surface area contributed by atoms with Gasteiger partial charge in [-0.15, -0.1) is 0 Å². The summed E-state index contributed by atoms with van der Waals surface area (Å²) < 4.78 is 0. The van der Waals surface area contributed by atoms with Crippen molar-refractivity contribution in [3.8, 4) is 55.6 Å². The molecule has 0 saturated carbocycles. The molecule has 0 N–H and O–H groups in total. The first-order valence-electron chi connectivity index (χ1n) is 27.1. The number of hydrogen-bond acceptors (Lipinski definition) is 0. The van der Waals surface area contributed by atoms with Gasteiger partial charge in [-0.3, -0.25) is 0 Å². The Hall–Kier alpha value is -8.84. The predicted octanol–water partition coefficient (Wildman–Crippen LogP) is 18.2. The van der Waals surface area contributed by atoms with E-state index in [-0.39, 0.29) is 10.8 Å². The molecule has 17 rings (SSSR count). The Bertz CT molecular complexity index is 4040. The standard InChI is InChI=1S/C75H50/c1-9-31-63-53(23-1)54-24-2-10-32-64(54)73(63,51-21-17-19-47(43-51)49-39-41-71-61(45-49)59-29-7-15-37-69(59)74(71)65-33-11-3-25-55(65)56-26-4-12-34-66(56)74)52-22-18-20-48(44-52)50-40-42-72-62(46-50)60-30-8-16-38-70(60)75(72)67-35-13-5-27-57(67)58-28-6-14-36-68(58)75/h1-11,13,15-33,35,37-46H,12,14,34,36H2. The fourth-order valence-corrected chi connectivity index (χ4v) is 16.1. The first-order chi connectivity index (χ1) is 37.2. The van der Waals surface area contributed by atoms with Gasteiger partial charge in [-0.1, -0.05) is 231 Å². The van der Waals surface area contributed by atoms with E-state index >= 15 is 0 Å². The number of rotatable bonds is 4. The number of allylic oxidation sites excluding steroid dienone is 8. The maximum absolute atomic E-state index is 2.51. The fourth-order valence-electron chi connectivity index (χ4n) is 16.1. The maximum Gasteiger partial charge on any atom is 0.0713 e. The molecule has 0 bridgehead atoms. The Labute approximate surface area is 439 Å². The summed E-state index contributed by atoms with van der Waals surface area (Å²) in [6.45, 7) is 0. The van der Waals surface area contributed by atoms with E-state index in [0.29, 0.717) is 0 Å². The molecule has 10 aromatic carbocycles. The highest BCUT2D eigenvalue weighted by molar-refractivity contribution is 6.00. The lowest BCUT2D eigenvalue weighted by Gasteiger charge is -2.34. The Balaban J connectivity index is 0.839. The molecule has 2 unspecified atom stereocenters. The summed E-state index contributed by atoms with van der Waals surface area (Å²) in [5.74, 6) is 0. The molecule has 7 aliphatic carbocycles. The van der Waals surface area contributed by atoms with Gasteiger partial charge in [0.05, 0.1) is 16.2 Å². The van der Waals surface area contributed by atoms with Gasteiger partial charge in [0.1, 0.15) is 0 Å². The molecule has 0 heteroatoms. The average molecular weight is 951 g/mol. The first kappa shape index (κ1) is 41.6. The minimum absolute atomic E-state index is 0.283. The van der Waals surface area contributed by atoms with Crippen molar-refractivity contribution in [1.82, 2.24) is 0 Å². The van der Waals surface area contributed by atoms with Gasteiger partial charge in [0.25, 0.3) is 0 Å². The lowest BCUT2D eigenvalue weighted by Crippen LogP contribution is -2.28. The normalized spacial score (nSPS) is 19.8. The minimum atomic E-state index is -0.574. The van der Waals surface area contributed by atoms with Gasteiger partial charge in [0.15, 0.2) is 0 Å². The summed E-state index contributed by atoms with van der Waals surface area (Å²) in [5.41, 5.74) is 34.2. The van der Waals surface area contributed by atoms with Crippen LogP contribution in [0, 0.1) is 0 Å². The predicted molar refractivity (Wildman–Crippen MR) is 309 cm³/mol. The second kappa shape index (κ2) is 15.1. The minimum Gasteiger partial charge on any atom is -0.0836 e. The van der Waals surface area contributed by atoms with E-state index in [1.165, 1.54) is 134 Å². The number of fused-ring (bicyclic) bond motifs is 21. The van der Waals surface area contributed by atoms with Crippen molar-refractivity contribution in [1.29, 1.82) is 0 Å². The van der Waals surface area contributed by atoms with Crippen LogP contribution in [0.4, 0.5) is 0 Å². The SMILES string of the molecule is C1=CC2=C(CC1)C1(c3ccccc32)c2ccccc2-c2cc(-c3cccc(C4(c5cccc(-c6ccc7c(c6)-c6ccccc6C76C7=C(C=CCC7)c7ccccc76)c5)c5ccccc5-c5ccccc54)c3)ccc21. The van der Waals surface area contributed by atoms with E-state index in [0.717, 1.165) is 25.7 Å². The molecule has 2 spiro atoms. The van der Waals surface area contributed by atoms with Gasteiger partial charge in [-0.05, 0) is 195 Å². The van der Waals surface area contributed by atoms with Crippen molar-refractivity contribution in [2.75, 3.05) is 0 Å². The topological polar surface area (TPSA) is 0 Å². The van der Waals surface area contributed by atoms with Crippen molar-refractivity contribution >= 4 is 11.1 Å². The third-order valence-corrected chi connectivity index (χ3v) is 18.8. The summed E-state index contributed by atoms with van der Waals surface area (Å²) in [5, 5.41) is 0. The van der Waals surface area contributed by atoms with E-state index in [9.17, 15) is 0 Å². The smallest absolute Gasteiger partial charge is 0.0713 e. The van der Waals surface area contributed by atoms with Crippen molar-refractivity contribution in [2.45, 2.75) is 41.9 Å². The molecule has 0 amide bonds. The van der Waals surface area contributed by atoms with Crippen LogP contribution in [0.1, 0.15) is 92.4 Å². The molecule has 0 heterocycles. The molecule has 75 heavy (non-hydrogen) atoms. The molecule has 350 valence electrons. The average Bonchev–Trinajstić information content (AvgIpc) is 4.26. The van der Waals surface area contributed by atoms with Gasteiger partial charge in [0, 0.05) is 0 Å². The van der Waals surface area contributed by atoms with Gasteiger partial charge < -0.3 is 0 Å². The molecule has 0 aromatic heterocycles. The Morgan fingerprint density at radius 3 is 0.973 bits per heavy atom. The summed E-state index contributed by atoms with van der Waals surface area (Å²) in [4.78, 5) is 0. The molecule has 0 radical (unpaired) electrons. The highest BCUT2D eigenvalue weighted by Crippen LogP contribution is 2.66. The summed E-state index contributed by atoms with van der Waals surface area (Å²) in [6, 6.07) is 89.1. The zero-order valence-electron chi connectivity index (χ0n) is 41.6. The van der Waals surface area contributed by atoms with Crippen LogP contribution in [0.2, 0.25) is 0 Å². The highest BCUT2D eigenvalue weighted by atomic mass is 14.6. The van der Waals surface area contributed by atoms with E-state index in [1.807, 2.05) is 0 Å². The lowest BCUT2D eigenvalue weighted by atomic mass is 9.67. The van der Waals surface area contributed by atoms with Crippen LogP contribution in [-0.4, -0.2) is 0 Å². The zero-order chi connectivity index (χ0) is 49.0. The highest BCUT2D eigenvalue weighted by Gasteiger charge is 2.54. The monoisotopic (exact) mass is 950 g/mol. The van der Waals surface area contributed by atoms with E-state index in [4.69, 9.17) is 0 Å². The second-order valence-electron chi connectivity index (χ2n) is 21.9. The third kappa shape index (κ3) is 5.13. The number of benzene rings is 10. The van der Waals surface area contributed by atoms with E-state index < -0.39 is 5.41 Å². The second-order valence-corrected chi connectivity index (χ2v) is 21.9. The molecule has 10 aromatic rings. The van der Waals surface area contributed by atoms with Gasteiger partial charge in [0.2, 0.25) is 0 Å². The summed E-state index contributed by atoms with van der Waals surface area (Å²) in [6.07, 6.45) is 13.8. The molecule has 0 aliphatic heterocycles. The molecular formula is C75H50. The van der Waals surface area contributed by atoms with Crippen LogP contribution in [0.25, 0.3) is 66.8 Å². The molecule has 2 atom stereocenters. The van der Waals surface area contributed by atoms with Crippen LogP contribution >= 0.6 is 0 Å². The van der Waals surface area contributed by atoms with Crippen LogP contribution in [0.5, 0.6) is 0 Å². The van der Waals surface area contributed by atoms with Crippen LogP contribution in [0.15, 0.2) is 266 Å². The summed E-state index contributed by atoms with van der Waals surface area (Å²) in [7, 11) is 0. The van der Waals surface area contributed by atoms with Gasteiger partial charge in [-0.25, -0.2) is 0 Å². The molecule has 0 saturated heterocycles. The Morgan fingerprint density at radius 2 is 0.560 bits per heavy atom. The van der Waals surface area contributed by atoms with Crippen LogP contribution in [0.3, 0.4) is 0 Å². The number of hydrogen-bond donors (Lipinski definition) is 0. The van der Waals surface area contributed by atoms with Crippen molar-refractivity contribution in [3.63, 3.8) is 0 Å². The third-order valence-electron chi connectivity index (χ3n) is 18.8. The summed E-state index contributed by atoms with van der Waals surface area (Å²) >= 11 is 0. The van der Waals surface area contributed by atoms with E-state index in [1.54, 1.807) is 11.1 Å². The Kier molecular flexibility index (Phi) is 8.39. The van der Waals surface area contributed by atoms with Gasteiger partial charge >= 0.3 is 0 Å². The lowest BCUT2D eigenvalue weighted by molar-refractivity contribution is 0.714. The largest absolute Gasteiger partial charge is 0.0836 e. The quantitative estimate of drug-likeness (QED) is 0.165. The fraction of sp³-hybridized carbons (Fsp3) is 0.0933. The van der Waals surface area contributed by atoms with Crippen molar-refractivity contribution in [2.24, 2.45) is 0 Å². The first-order valence-corrected chi connectivity index (χ1v) is 27.1. The molecule has 0 fully saturated rings. The molecule has 7 aliphatic rings. The maximum atomic E-state index is 2.51. The van der Waals surface area contributed by atoms with Crippen molar-refractivity contribution < 1.29 is 0 Å². The van der Waals surface area contributed by atoms with Gasteiger partial charge in [-0.2, -0.15) is 0 Å². The van der Waals surface area contributed by atoms with Crippen LogP contribution < -0.4 is 0 Å².